The Bertz CT molecular complexity index is 3230. The summed E-state index contributed by atoms with van der Waals surface area (Å²) in [4.78, 5) is 16.5. The summed E-state index contributed by atoms with van der Waals surface area (Å²) in [5.41, 5.74) is 16.2. The standard InChI is InChI=1S/C57H39N5/c1-4-12-40(13-5-1)41-20-27-48(28-21-41)61(47-16-8-3-9-17-47)49-29-22-42(23-30-49)46-26-33-56-52(38-46)51-18-10-11-19-55(51)62(56)50-31-24-43(25-32-50)53-39-54(44-34-36-58-37-35-44)60-57(59-53)45-14-6-2-7-15-45/h1-39H. The second kappa shape index (κ2) is 16.0. The molecule has 11 aromatic rings. The number of hydrogen-bond donors (Lipinski definition) is 0. The van der Waals surface area contributed by atoms with E-state index in [-0.39, 0.29) is 0 Å². The normalized spacial score (nSPS) is 11.2. The second-order valence-electron chi connectivity index (χ2n) is 15.3. The lowest BCUT2D eigenvalue weighted by atomic mass is 10.0. The lowest BCUT2D eigenvalue weighted by Crippen LogP contribution is -2.09. The van der Waals surface area contributed by atoms with Crippen LogP contribution in [0.2, 0.25) is 0 Å². The zero-order valence-electron chi connectivity index (χ0n) is 33.8. The number of para-hydroxylation sites is 2. The molecule has 0 N–H and O–H groups in total. The molecule has 292 valence electrons. The van der Waals surface area contributed by atoms with Gasteiger partial charge in [-0.1, -0.05) is 140 Å². The number of anilines is 3. The van der Waals surface area contributed by atoms with Gasteiger partial charge in [-0.3, -0.25) is 4.98 Å². The van der Waals surface area contributed by atoms with Crippen molar-refractivity contribution >= 4 is 38.9 Å². The predicted octanol–water partition coefficient (Wildman–Crippen LogP) is 14.8. The molecule has 0 atom stereocenters. The summed E-state index contributed by atoms with van der Waals surface area (Å²) in [6, 6.07) is 79.2. The van der Waals surface area contributed by atoms with Crippen LogP contribution in [0.1, 0.15) is 0 Å². The minimum Gasteiger partial charge on any atom is -0.311 e. The van der Waals surface area contributed by atoms with E-state index in [9.17, 15) is 0 Å². The predicted molar refractivity (Wildman–Crippen MR) is 256 cm³/mol. The van der Waals surface area contributed by atoms with E-state index >= 15 is 0 Å². The molecule has 0 saturated heterocycles. The molecule has 0 bridgehead atoms. The Balaban J connectivity index is 0.930. The van der Waals surface area contributed by atoms with Gasteiger partial charge < -0.3 is 9.47 Å². The van der Waals surface area contributed by atoms with Gasteiger partial charge in [0.15, 0.2) is 5.82 Å². The summed E-state index contributed by atoms with van der Waals surface area (Å²) < 4.78 is 2.36. The SMILES string of the molecule is c1ccc(-c2ccc(N(c3ccccc3)c3ccc(-c4ccc5c(c4)c4ccccc4n5-c4ccc(-c5cc(-c6ccncc6)nc(-c6ccccc6)n5)cc4)cc3)cc2)cc1. The first-order chi connectivity index (χ1) is 30.7. The molecule has 5 heteroatoms. The van der Waals surface area contributed by atoms with Crippen LogP contribution in [-0.2, 0) is 0 Å². The van der Waals surface area contributed by atoms with Crippen LogP contribution in [0.4, 0.5) is 17.1 Å². The third kappa shape index (κ3) is 6.97. The van der Waals surface area contributed by atoms with E-state index in [1.54, 1.807) is 12.4 Å². The van der Waals surface area contributed by atoms with Gasteiger partial charge in [-0.2, -0.15) is 0 Å². The number of benzene rings is 8. The molecule has 62 heavy (non-hydrogen) atoms. The lowest BCUT2D eigenvalue weighted by Gasteiger charge is -2.26. The fourth-order valence-corrected chi connectivity index (χ4v) is 8.45. The number of fused-ring (bicyclic) bond motifs is 3. The summed E-state index contributed by atoms with van der Waals surface area (Å²) >= 11 is 0. The third-order valence-corrected chi connectivity index (χ3v) is 11.5. The highest BCUT2D eigenvalue weighted by Crippen LogP contribution is 2.39. The number of nitrogens with zero attached hydrogens (tertiary/aromatic N) is 5. The fourth-order valence-electron chi connectivity index (χ4n) is 8.45. The highest BCUT2D eigenvalue weighted by molar-refractivity contribution is 6.10. The zero-order valence-corrected chi connectivity index (χ0v) is 33.8. The van der Waals surface area contributed by atoms with Crippen LogP contribution in [-0.4, -0.2) is 19.5 Å². The van der Waals surface area contributed by atoms with Gasteiger partial charge in [-0.25, -0.2) is 9.97 Å². The van der Waals surface area contributed by atoms with Crippen LogP contribution in [0.25, 0.3) is 83.6 Å². The van der Waals surface area contributed by atoms with Crippen molar-refractivity contribution in [2.24, 2.45) is 0 Å². The molecular weight excluding hydrogens is 755 g/mol. The molecule has 11 rings (SSSR count). The summed E-state index contributed by atoms with van der Waals surface area (Å²) in [6.45, 7) is 0. The van der Waals surface area contributed by atoms with Crippen LogP contribution in [0, 0.1) is 0 Å². The van der Waals surface area contributed by atoms with E-state index in [2.05, 4.69) is 196 Å². The van der Waals surface area contributed by atoms with Crippen molar-refractivity contribution in [3.05, 3.63) is 237 Å². The summed E-state index contributed by atoms with van der Waals surface area (Å²) in [7, 11) is 0. The Kier molecular flexibility index (Phi) is 9.45. The van der Waals surface area contributed by atoms with Crippen molar-refractivity contribution in [1.82, 2.24) is 19.5 Å². The first kappa shape index (κ1) is 36.7. The molecule has 0 unspecified atom stereocenters. The van der Waals surface area contributed by atoms with Crippen LogP contribution in [0.5, 0.6) is 0 Å². The van der Waals surface area contributed by atoms with E-state index < -0.39 is 0 Å². The monoisotopic (exact) mass is 793 g/mol. The Hall–Kier alpha value is -8.41. The van der Waals surface area contributed by atoms with Crippen molar-refractivity contribution in [2.45, 2.75) is 0 Å². The van der Waals surface area contributed by atoms with Crippen molar-refractivity contribution < 1.29 is 0 Å². The van der Waals surface area contributed by atoms with Crippen LogP contribution >= 0.6 is 0 Å². The maximum atomic E-state index is 5.05. The third-order valence-electron chi connectivity index (χ3n) is 11.5. The average Bonchev–Trinajstić information content (AvgIpc) is 3.69. The van der Waals surface area contributed by atoms with E-state index in [0.29, 0.717) is 5.82 Å². The Labute approximate surface area is 360 Å². The molecule has 0 aliphatic heterocycles. The Morgan fingerprint density at radius 3 is 1.44 bits per heavy atom. The molecule has 3 heterocycles. The first-order valence-corrected chi connectivity index (χ1v) is 20.8. The average molecular weight is 794 g/mol. The van der Waals surface area contributed by atoms with Gasteiger partial charge in [0.2, 0.25) is 0 Å². The van der Waals surface area contributed by atoms with Gasteiger partial charge in [0, 0.05) is 62.6 Å². The van der Waals surface area contributed by atoms with E-state index in [1.807, 2.05) is 42.5 Å². The topological polar surface area (TPSA) is 46.8 Å². The van der Waals surface area contributed by atoms with Gasteiger partial charge >= 0.3 is 0 Å². The molecule has 0 radical (unpaired) electrons. The number of pyridine rings is 1. The highest BCUT2D eigenvalue weighted by Gasteiger charge is 2.17. The molecule has 3 aromatic heterocycles. The Morgan fingerprint density at radius 1 is 0.323 bits per heavy atom. The maximum absolute atomic E-state index is 5.05. The molecule has 0 amide bonds. The van der Waals surface area contributed by atoms with Gasteiger partial charge in [-0.05, 0) is 107 Å². The van der Waals surface area contributed by atoms with E-state index in [0.717, 1.165) is 67.4 Å². The van der Waals surface area contributed by atoms with Crippen LogP contribution < -0.4 is 4.90 Å². The quantitative estimate of drug-likeness (QED) is 0.146. The minimum atomic E-state index is 0.689. The van der Waals surface area contributed by atoms with Crippen molar-refractivity contribution in [1.29, 1.82) is 0 Å². The van der Waals surface area contributed by atoms with Gasteiger partial charge in [-0.15, -0.1) is 0 Å². The van der Waals surface area contributed by atoms with E-state index in [4.69, 9.17) is 9.97 Å². The zero-order chi connectivity index (χ0) is 41.2. The van der Waals surface area contributed by atoms with Gasteiger partial charge in [0.25, 0.3) is 0 Å². The molecule has 0 aliphatic rings. The lowest BCUT2D eigenvalue weighted by molar-refractivity contribution is 1.17. The number of rotatable bonds is 9. The molecule has 8 aromatic carbocycles. The number of aromatic nitrogens is 4. The minimum absolute atomic E-state index is 0.689. The number of hydrogen-bond acceptors (Lipinski definition) is 4. The first-order valence-electron chi connectivity index (χ1n) is 20.8. The molecule has 0 aliphatic carbocycles. The van der Waals surface area contributed by atoms with Crippen molar-refractivity contribution in [2.75, 3.05) is 4.90 Å². The summed E-state index contributed by atoms with van der Waals surface area (Å²) in [5, 5.41) is 2.42. The van der Waals surface area contributed by atoms with Crippen molar-refractivity contribution in [3.63, 3.8) is 0 Å². The molecular formula is C57H39N5. The molecule has 0 saturated carbocycles. The summed E-state index contributed by atoms with van der Waals surface area (Å²) in [5.74, 6) is 0.689. The molecule has 0 spiro atoms. The summed E-state index contributed by atoms with van der Waals surface area (Å²) in [6.07, 6.45) is 3.60. The molecule has 0 fully saturated rings. The second-order valence-corrected chi connectivity index (χ2v) is 15.3. The van der Waals surface area contributed by atoms with E-state index in [1.165, 1.54) is 27.5 Å². The largest absolute Gasteiger partial charge is 0.311 e. The van der Waals surface area contributed by atoms with Crippen LogP contribution in [0.3, 0.4) is 0 Å². The maximum Gasteiger partial charge on any atom is 0.160 e. The van der Waals surface area contributed by atoms with Crippen LogP contribution in [0.15, 0.2) is 237 Å². The highest BCUT2D eigenvalue weighted by atomic mass is 15.1. The van der Waals surface area contributed by atoms with Gasteiger partial charge in [0.1, 0.15) is 0 Å². The van der Waals surface area contributed by atoms with Gasteiger partial charge in [0.05, 0.1) is 22.4 Å². The smallest absolute Gasteiger partial charge is 0.160 e. The molecule has 5 nitrogen and oxygen atoms in total. The fraction of sp³-hybridized carbons (Fsp3) is 0. The Morgan fingerprint density at radius 2 is 0.790 bits per heavy atom. The van der Waals surface area contributed by atoms with Crippen molar-refractivity contribution in [3.8, 4) is 61.8 Å².